The zero-order valence-corrected chi connectivity index (χ0v) is 9.89. The van der Waals surface area contributed by atoms with E-state index in [0.29, 0.717) is 12.4 Å². The normalized spacial score (nSPS) is 10.2. The van der Waals surface area contributed by atoms with Gasteiger partial charge in [-0.15, -0.1) is 0 Å². The molecule has 2 aromatic rings. The lowest BCUT2D eigenvalue weighted by Crippen LogP contribution is -1.95. The molecule has 17 heavy (non-hydrogen) atoms. The first-order valence-electron chi connectivity index (χ1n) is 5.78. The fourth-order valence-corrected chi connectivity index (χ4v) is 1.64. The van der Waals surface area contributed by atoms with Crippen LogP contribution in [0.5, 0.6) is 11.5 Å². The molecule has 0 radical (unpaired) electrons. The lowest BCUT2D eigenvalue weighted by atomic mass is 10.1. The van der Waals surface area contributed by atoms with Crippen molar-refractivity contribution in [2.75, 3.05) is 0 Å². The van der Waals surface area contributed by atoms with Crippen molar-refractivity contribution in [2.24, 2.45) is 0 Å². The molecule has 0 bridgehead atoms. The summed E-state index contributed by atoms with van der Waals surface area (Å²) in [5.74, 6) is 0.742. The van der Waals surface area contributed by atoms with Gasteiger partial charge in [-0.2, -0.15) is 0 Å². The summed E-state index contributed by atoms with van der Waals surface area (Å²) in [7, 11) is 0. The number of ether oxygens (including phenoxy) is 1. The van der Waals surface area contributed by atoms with Crippen LogP contribution in [0.3, 0.4) is 0 Å². The van der Waals surface area contributed by atoms with Crippen molar-refractivity contribution in [2.45, 2.75) is 20.0 Å². The van der Waals surface area contributed by atoms with E-state index in [0.717, 1.165) is 17.5 Å². The Morgan fingerprint density at radius 1 is 1.00 bits per heavy atom. The minimum atomic E-state index is 0.209. The highest BCUT2D eigenvalue weighted by atomic mass is 16.5. The summed E-state index contributed by atoms with van der Waals surface area (Å²) in [5, 5.41) is 9.78. The van der Waals surface area contributed by atoms with E-state index in [9.17, 15) is 5.11 Å². The van der Waals surface area contributed by atoms with Gasteiger partial charge in [-0.1, -0.05) is 43.3 Å². The Kier molecular flexibility index (Phi) is 3.66. The molecule has 0 spiro atoms. The van der Waals surface area contributed by atoms with Gasteiger partial charge in [-0.25, -0.2) is 0 Å². The van der Waals surface area contributed by atoms with Gasteiger partial charge in [0.25, 0.3) is 0 Å². The highest BCUT2D eigenvalue weighted by Gasteiger charge is 2.03. The number of aryl methyl sites for hydroxylation is 1. The molecule has 0 amide bonds. The van der Waals surface area contributed by atoms with Crippen LogP contribution in [0.2, 0.25) is 0 Å². The van der Waals surface area contributed by atoms with E-state index in [4.69, 9.17) is 4.74 Å². The molecular formula is C15H16O2. The summed E-state index contributed by atoms with van der Waals surface area (Å²) in [5.41, 5.74) is 2.20. The van der Waals surface area contributed by atoms with Crippen molar-refractivity contribution in [3.63, 3.8) is 0 Å². The number of hydrogen-bond acceptors (Lipinski definition) is 2. The average Bonchev–Trinajstić information content (AvgIpc) is 2.38. The maximum absolute atomic E-state index is 9.78. The minimum absolute atomic E-state index is 0.209. The van der Waals surface area contributed by atoms with Gasteiger partial charge in [-0.05, 0) is 29.7 Å². The molecule has 0 atom stereocenters. The van der Waals surface area contributed by atoms with Crippen molar-refractivity contribution in [3.8, 4) is 11.5 Å². The highest BCUT2D eigenvalue weighted by Crippen LogP contribution is 2.27. The fourth-order valence-electron chi connectivity index (χ4n) is 1.64. The van der Waals surface area contributed by atoms with Crippen LogP contribution < -0.4 is 4.74 Å². The molecule has 1 N–H and O–H groups in total. The summed E-state index contributed by atoms with van der Waals surface area (Å²) in [4.78, 5) is 0. The standard InChI is InChI=1S/C15H16O2/c1-2-12-8-9-15(14(16)10-12)17-11-13-6-4-3-5-7-13/h3-10,16H,2,11H2,1H3. The molecule has 2 aromatic carbocycles. The molecule has 0 fully saturated rings. The lowest BCUT2D eigenvalue weighted by molar-refractivity contribution is 0.289. The van der Waals surface area contributed by atoms with Gasteiger partial charge in [0.15, 0.2) is 11.5 Å². The second kappa shape index (κ2) is 5.39. The first-order chi connectivity index (χ1) is 8.29. The third-order valence-electron chi connectivity index (χ3n) is 2.67. The maximum Gasteiger partial charge on any atom is 0.161 e. The van der Waals surface area contributed by atoms with Crippen molar-refractivity contribution >= 4 is 0 Å². The van der Waals surface area contributed by atoms with E-state index < -0.39 is 0 Å². The van der Waals surface area contributed by atoms with Crippen LogP contribution in [0, 0.1) is 0 Å². The van der Waals surface area contributed by atoms with Crippen LogP contribution >= 0.6 is 0 Å². The van der Waals surface area contributed by atoms with E-state index in [2.05, 4.69) is 6.92 Å². The van der Waals surface area contributed by atoms with E-state index in [1.165, 1.54) is 0 Å². The number of phenols is 1. The van der Waals surface area contributed by atoms with Gasteiger partial charge in [-0.3, -0.25) is 0 Å². The number of hydrogen-bond donors (Lipinski definition) is 1. The van der Waals surface area contributed by atoms with E-state index in [1.54, 1.807) is 6.07 Å². The molecule has 0 aliphatic carbocycles. The van der Waals surface area contributed by atoms with Gasteiger partial charge in [0, 0.05) is 0 Å². The SMILES string of the molecule is CCc1ccc(OCc2ccccc2)c(O)c1. The molecule has 2 nitrogen and oxygen atoms in total. The molecule has 88 valence electrons. The van der Waals surface area contributed by atoms with E-state index in [1.807, 2.05) is 42.5 Å². The molecule has 0 saturated heterocycles. The Morgan fingerprint density at radius 2 is 1.76 bits per heavy atom. The highest BCUT2D eigenvalue weighted by molar-refractivity contribution is 5.41. The predicted molar refractivity (Wildman–Crippen MR) is 68.3 cm³/mol. The Labute approximate surface area is 101 Å². The third kappa shape index (κ3) is 3.00. The largest absolute Gasteiger partial charge is 0.504 e. The van der Waals surface area contributed by atoms with E-state index in [-0.39, 0.29) is 5.75 Å². The second-order valence-electron chi connectivity index (χ2n) is 3.93. The summed E-state index contributed by atoms with van der Waals surface area (Å²) < 4.78 is 5.57. The number of benzene rings is 2. The molecule has 0 aliphatic heterocycles. The van der Waals surface area contributed by atoms with Crippen molar-refractivity contribution in [3.05, 3.63) is 59.7 Å². The Morgan fingerprint density at radius 3 is 2.41 bits per heavy atom. The Bertz CT molecular complexity index is 478. The maximum atomic E-state index is 9.78. The smallest absolute Gasteiger partial charge is 0.161 e. The van der Waals surface area contributed by atoms with Crippen molar-refractivity contribution in [1.29, 1.82) is 0 Å². The molecule has 0 aromatic heterocycles. The molecule has 0 saturated carbocycles. The van der Waals surface area contributed by atoms with Crippen LogP contribution in [-0.2, 0) is 13.0 Å². The minimum Gasteiger partial charge on any atom is -0.504 e. The second-order valence-corrected chi connectivity index (χ2v) is 3.93. The summed E-state index contributed by atoms with van der Waals surface area (Å²) >= 11 is 0. The Balaban J connectivity index is 2.04. The van der Waals surface area contributed by atoms with Crippen LogP contribution in [0.15, 0.2) is 48.5 Å². The topological polar surface area (TPSA) is 29.5 Å². The first kappa shape index (κ1) is 11.5. The van der Waals surface area contributed by atoms with Gasteiger partial charge in [0.1, 0.15) is 6.61 Å². The van der Waals surface area contributed by atoms with E-state index >= 15 is 0 Å². The molecular weight excluding hydrogens is 212 g/mol. The van der Waals surface area contributed by atoms with Gasteiger partial charge in [0.05, 0.1) is 0 Å². The fraction of sp³-hybridized carbons (Fsp3) is 0.200. The molecule has 0 unspecified atom stereocenters. The molecule has 0 heterocycles. The number of rotatable bonds is 4. The summed E-state index contributed by atoms with van der Waals surface area (Å²) in [6.45, 7) is 2.53. The third-order valence-corrected chi connectivity index (χ3v) is 2.67. The molecule has 2 rings (SSSR count). The average molecular weight is 228 g/mol. The van der Waals surface area contributed by atoms with Crippen LogP contribution in [0.25, 0.3) is 0 Å². The van der Waals surface area contributed by atoms with Crippen LogP contribution in [-0.4, -0.2) is 5.11 Å². The lowest BCUT2D eigenvalue weighted by Gasteiger charge is -2.09. The first-order valence-corrected chi connectivity index (χ1v) is 5.78. The quantitative estimate of drug-likeness (QED) is 0.867. The Hall–Kier alpha value is -1.96. The van der Waals surface area contributed by atoms with Crippen LogP contribution in [0.1, 0.15) is 18.1 Å². The predicted octanol–water partition coefficient (Wildman–Crippen LogP) is 3.53. The van der Waals surface area contributed by atoms with Crippen molar-refractivity contribution in [1.82, 2.24) is 0 Å². The molecule has 2 heteroatoms. The summed E-state index contributed by atoms with van der Waals surface area (Å²) in [6.07, 6.45) is 0.909. The van der Waals surface area contributed by atoms with Crippen LogP contribution in [0.4, 0.5) is 0 Å². The van der Waals surface area contributed by atoms with Crippen molar-refractivity contribution < 1.29 is 9.84 Å². The monoisotopic (exact) mass is 228 g/mol. The molecule has 0 aliphatic rings. The van der Waals surface area contributed by atoms with Gasteiger partial charge >= 0.3 is 0 Å². The van der Waals surface area contributed by atoms with Gasteiger partial charge < -0.3 is 9.84 Å². The zero-order chi connectivity index (χ0) is 12.1. The number of aromatic hydroxyl groups is 1. The van der Waals surface area contributed by atoms with Gasteiger partial charge in [0.2, 0.25) is 0 Å². The summed E-state index contributed by atoms with van der Waals surface area (Å²) in [6, 6.07) is 15.4. The number of phenolic OH excluding ortho intramolecular Hbond substituents is 1. The zero-order valence-electron chi connectivity index (χ0n) is 9.89.